The predicted octanol–water partition coefficient (Wildman–Crippen LogP) is 3.61. The number of hydrogen-bond acceptors (Lipinski definition) is 4. The topological polar surface area (TPSA) is 60.5 Å². The van der Waals surface area contributed by atoms with Gasteiger partial charge < -0.3 is 15.5 Å². The van der Waals surface area contributed by atoms with Gasteiger partial charge in [0.1, 0.15) is 11.6 Å². The highest BCUT2D eigenvalue weighted by molar-refractivity contribution is 5.89. The van der Waals surface area contributed by atoms with Crippen molar-refractivity contribution in [1.82, 2.24) is 15.2 Å². The zero-order valence-corrected chi connectivity index (χ0v) is 16.6. The van der Waals surface area contributed by atoms with Crippen molar-refractivity contribution < 1.29 is 9.18 Å². The Balaban J connectivity index is 1.28. The van der Waals surface area contributed by atoms with Gasteiger partial charge in [0.25, 0.3) is 0 Å². The molecule has 1 aromatic heterocycles. The van der Waals surface area contributed by atoms with E-state index in [0.717, 1.165) is 43.6 Å². The zero-order chi connectivity index (χ0) is 20.1. The third-order valence-corrected chi connectivity index (χ3v) is 5.85. The second-order valence-corrected chi connectivity index (χ2v) is 7.80. The number of nitrogens with one attached hydrogen (secondary N) is 2. The van der Waals surface area contributed by atoms with Crippen LogP contribution >= 0.6 is 0 Å². The minimum absolute atomic E-state index is 0.286. The van der Waals surface area contributed by atoms with Crippen molar-refractivity contribution >= 4 is 17.5 Å². The van der Waals surface area contributed by atoms with Gasteiger partial charge in [-0.25, -0.2) is 14.2 Å². The molecule has 2 heterocycles. The predicted molar refractivity (Wildman–Crippen MR) is 113 cm³/mol. The molecule has 4 rings (SSSR count). The molecule has 2 amide bonds. The molecule has 1 aromatic carbocycles. The molecule has 2 aromatic rings. The van der Waals surface area contributed by atoms with Gasteiger partial charge in [-0.2, -0.15) is 0 Å². The largest absolute Gasteiger partial charge is 0.354 e. The van der Waals surface area contributed by atoms with E-state index in [2.05, 4.69) is 25.4 Å². The molecule has 154 valence electrons. The van der Waals surface area contributed by atoms with Gasteiger partial charge in [0.15, 0.2) is 0 Å². The van der Waals surface area contributed by atoms with Crippen LogP contribution in [0.4, 0.5) is 20.7 Å². The van der Waals surface area contributed by atoms with Crippen LogP contribution < -0.4 is 15.5 Å². The van der Waals surface area contributed by atoms with Gasteiger partial charge in [-0.3, -0.25) is 4.90 Å². The maximum Gasteiger partial charge on any atom is 0.319 e. The van der Waals surface area contributed by atoms with Gasteiger partial charge in [0, 0.05) is 56.7 Å². The molecule has 2 fully saturated rings. The number of carbonyl (C=O) groups excluding carboxylic acids is 1. The van der Waals surface area contributed by atoms with E-state index in [9.17, 15) is 9.18 Å². The Labute approximate surface area is 171 Å². The van der Waals surface area contributed by atoms with Crippen LogP contribution in [0.1, 0.15) is 31.2 Å². The van der Waals surface area contributed by atoms with Crippen molar-refractivity contribution in [3.05, 3.63) is 54.0 Å². The number of piperazine rings is 1. The van der Waals surface area contributed by atoms with E-state index in [0.29, 0.717) is 12.2 Å². The molecular formula is C22H28FN5O. The van der Waals surface area contributed by atoms with Crippen molar-refractivity contribution in [2.75, 3.05) is 36.4 Å². The zero-order valence-electron chi connectivity index (χ0n) is 16.6. The van der Waals surface area contributed by atoms with Crippen molar-refractivity contribution in [2.24, 2.45) is 0 Å². The highest BCUT2D eigenvalue weighted by Gasteiger charge is 2.26. The Bertz CT molecular complexity index is 814. The fourth-order valence-corrected chi connectivity index (χ4v) is 4.21. The van der Waals surface area contributed by atoms with Crippen molar-refractivity contribution in [3.63, 3.8) is 0 Å². The third kappa shape index (κ3) is 5.23. The van der Waals surface area contributed by atoms with Gasteiger partial charge in [-0.05, 0) is 36.6 Å². The first-order chi connectivity index (χ1) is 14.2. The summed E-state index contributed by atoms with van der Waals surface area (Å²) in [4.78, 5) is 21.6. The Morgan fingerprint density at radius 1 is 1.07 bits per heavy atom. The third-order valence-electron chi connectivity index (χ3n) is 5.85. The molecular weight excluding hydrogens is 369 g/mol. The lowest BCUT2D eigenvalue weighted by Gasteiger charge is -2.38. The van der Waals surface area contributed by atoms with Gasteiger partial charge >= 0.3 is 6.03 Å². The molecule has 29 heavy (non-hydrogen) atoms. The number of nitrogens with zero attached hydrogens (tertiary/aromatic N) is 3. The molecule has 1 saturated heterocycles. The van der Waals surface area contributed by atoms with E-state index in [1.807, 2.05) is 6.07 Å². The van der Waals surface area contributed by atoms with Crippen LogP contribution in [-0.2, 0) is 6.54 Å². The summed E-state index contributed by atoms with van der Waals surface area (Å²) in [5.74, 6) is 0.610. The highest BCUT2D eigenvalue weighted by Crippen LogP contribution is 2.25. The molecule has 0 atom stereocenters. The number of hydrogen-bond donors (Lipinski definition) is 2. The van der Waals surface area contributed by atoms with Gasteiger partial charge in [-0.15, -0.1) is 0 Å². The summed E-state index contributed by atoms with van der Waals surface area (Å²) in [6.45, 7) is 4.41. The van der Waals surface area contributed by atoms with E-state index in [1.165, 1.54) is 37.8 Å². The first-order valence-corrected chi connectivity index (χ1v) is 10.4. The van der Waals surface area contributed by atoms with Crippen LogP contribution in [-0.4, -0.2) is 48.1 Å². The summed E-state index contributed by atoms with van der Waals surface area (Å²) in [6.07, 6.45) is 7.14. The van der Waals surface area contributed by atoms with Crippen LogP contribution in [0.5, 0.6) is 0 Å². The summed E-state index contributed by atoms with van der Waals surface area (Å²) >= 11 is 0. The maximum absolute atomic E-state index is 13.0. The molecule has 2 aliphatic rings. The summed E-state index contributed by atoms with van der Waals surface area (Å²) in [5.41, 5.74) is 1.56. The van der Waals surface area contributed by atoms with Crippen molar-refractivity contribution in [3.8, 4) is 0 Å². The number of carbonyl (C=O) groups is 1. The molecule has 1 aliphatic carbocycles. The fraction of sp³-hybridized carbons (Fsp3) is 0.455. The first-order valence-electron chi connectivity index (χ1n) is 10.4. The number of pyridine rings is 1. The van der Waals surface area contributed by atoms with E-state index in [4.69, 9.17) is 0 Å². The van der Waals surface area contributed by atoms with Gasteiger partial charge in [-0.1, -0.05) is 25.0 Å². The smallest absolute Gasteiger partial charge is 0.319 e. The summed E-state index contributed by atoms with van der Waals surface area (Å²) in [6, 6.07) is 10.3. The monoisotopic (exact) mass is 397 g/mol. The fourth-order valence-electron chi connectivity index (χ4n) is 4.21. The molecule has 1 aliphatic heterocycles. The number of anilines is 2. The van der Waals surface area contributed by atoms with Gasteiger partial charge in [0.05, 0.1) is 0 Å². The lowest BCUT2D eigenvalue weighted by Crippen LogP contribution is -2.50. The van der Waals surface area contributed by atoms with Crippen LogP contribution in [0.25, 0.3) is 0 Å². The minimum Gasteiger partial charge on any atom is -0.354 e. The molecule has 6 nitrogen and oxygen atoms in total. The maximum atomic E-state index is 13.0. The Kier molecular flexibility index (Phi) is 6.24. The average molecular weight is 397 g/mol. The quantitative estimate of drug-likeness (QED) is 0.809. The van der Waals surface area contributed by atoms with E-state index >= 15 is 0 Å². The highest BCUT2D eigenvalue weighted by atomic mass is 19.1. The SMILES string of the molecule is O=C(NCc1ccc(F)cc1)Nc1ccnc(N2CCN(C3CCCC3)CC2)c1. The molecule has 0 unspecified atom stereocenters. The Morgan fingerprint density at radius 3 is 2.52 bits per heavy atom. The van der Waals surface area contributed by atoms with Crippen molar-refractivity contribution in [1.29, 1.82) is 0 Å². The lowest BCUT2D eigenvalue weighted by atomic mass is 10.2. The molecule has 0 bridgehead atoms. The minimum atomic E-state index is -0.294. The Morgan fingerprint density at radius 2 is 1.79 bits per heavy atom. The molecule has 0 radical (unpaired) electrons. The van der Waals surface area contributed by atoms with Gasteiger partial charge in [0.2, 0.25) is 0 Å². The molecule has 0 spiro atoms. The van der Waals surface area contributed by atoms with Crippen LogP contribution in [0.2, 0.25) is 0 Å². The normalized spacial score (nSPS) is 18.0. The second-order valence-electron chi connectivity index (χ2n) is 7.80. The second kappa shape index (κ2) is 9.22. The van der Waals surface area contributed by atoms with Crippen molar-refractivity contribution in [2.45, 2.75) is 38.3 Å². The molecule has 1 saturated carbocycles. The van der Waals surface area contributed by atoms with Crippen LogP contribution in [0.3, 0.4) is 0 Å². The average Bonchev–Trinajstić information content (AvgIpc) is 3.29. The molecule has 7 heteroatoms. The number of rotatable bonds is 5. The number of urea groups is 1. The van der Waals surface area contributed by atoms with E-state index < -0.39 is 0 Å². The van der Waals surface area contributed by atoms with E-state index in [-0.39, 0.29) is 11.8 Å². The van der Waals surface area contributed by atoms with Crippen LogP contribution in [0.15, 0.2) is 42.6 Å². The number of amides is 2. The standard InChI is InChI=1S/C22H28FN5O/c23-18-7-5-17(6-8-18)16-25-22(29)26-19-9-10-24-21(15-19)28-13-11-27(12-14-28)20-3-1-2-4-20/h5-10,15,20H,1-4,11-14,16H2,(H2,24,25,26,29). The summed E-state index contributed by atoms with van der Waals surface area (Å²) in [7, 11) is 0. The lowest BCUT2D eigenvalue weighted by molar-refractivity contribution is 0.187. The first kappa shape index (κ1) is 19.6. The number of benzene rings is 1. The molecule has 2 N–H and O–H groups in total. The van der Waals surface area contributed by atoms with E-state index in [1.54, 1.807) is 24.4 Å². The summed E-state index contributed by atoms with van der Waals surface area (Å²) in [5, 5.41) is 5.65. The Hall–Kier alpha value is -2.67. The number of aromatic nitrogens is 1. The van der Waals surface area contributed by atoms with Crippen LogP contribution in [0, 0.1) is 5.82 Å². The number of halogens is 1. The summed E-state index contributed by atoms with van der Waals surface area (Å²) < 4.78 is 13.0.